The fourth-order valence-corrected chi connectivity index (χ4v) is 4.90. The first-order valence-electron chi connectivity index (χ1n) is 13.7. The number of Topliss-reactive ketones (excluding diaryl/α,β-unsaturated/α-hetero) is 1. The first kappa shape index (κ1) is 28.9. The van der Waals surface area contributed by atoms with Crippen molar-refractivity contribution in [3.05, 3.63) is 42.1 Å². The van der Waals surface area contributed by atoms with Gasteiger partial charge in [-0.3, -0.25) is 19.3 Å². The summed E-state index contributed by atoms with van der Waals surface area (Å²) in [4.78, 5) is 61.3. The number of ether oxygens (including phenoxy) is 2. The minimum atomic E-state index is -1.18. The Labute approximate surface area is 232 Å². The second kappa shape index (κ2) is 13.8. The molecule has 0 bridgehead atoms. The summed E-state index contributed by atoms with van der Waals surface area (Å²) in [7, 11) is 0. The number of rotatable bonds is 11. The molecule has 0 radical (unpaired) electrons. The molecule has 3 N–H and O–H groups in total. The van der Waals surface area contributed by atoms with E-state index in [9.17, 15) is 24.3 Å². The monoisotopic (exact) mass is 553 g/mol. The topological polar surface area (TPSA) is 160 Å². The van der Waals surface area contributed by atoms with Gasteiger partial charge in [0.1, 0.15) is 17.8 Å². The Morgan fingerprint density at radius 1 is 1.15 bits per heavy atom. The van der Waals surface area contributed by atoms with Gasteiger partial charge in [-0.1, -0.05) is 30.3 Å². The number of nitrogens with one attached hydrogen (secondary N) is 2. The number of nitrogens with zero attached hydrogens (tertiary/aromatic N) is 3. The molecular formula is C28H35N5O7. The van der Waals surface area contributed by atoms with Crippen molar-refractivity contribution in [1.29, 1.82) is 0 Å². The van der Waals surface area contributed by atoms with E-state index in [2.05, 4.69) is 20.6 Å². The zero-order valence-electron chi connectivity index (χ0n) is 22.5. The van der Waals surface area contributed by atoms with Crippen LogP contribution in [0, 0.1) is 0 Å². The lowest BCUT2D eigenvalue weighted by Gasteiger charge is -2.36. The molecule has 1 saturated carbocycles. The van der Waals surface area contributed by atoms with E-state index in [4.69, 9.17) is 9.47 Å². The van der Waals surface area contributed by atoms with Crippen molar-refractivity contribution in [3.8, 4) is 17.3 Å². The molecule has 1 aliphatic heterocycles. The van der Waals surface area contributed by atoms with E-state index < -0.39 is 35.8 Å². The summed E-state index contributed by atoms with van der Waals surface area (Å²) in [5, 5.41) is 15.0. The summed E-state index contributed by atoms with van der Waals surface area (Å²) in [6.45, 7) is 2.68. The molecule has 2 heterocycles. The van der Waals surface area contributed by atoms with Crippen molar-refractivity contribution in [1.82, 2.24) is 25.5 Å². The molecule has 2 aromatic rings. The number of aliphatic carboxylic acids is 1. The van der Waals surface area contributed by atoms with Crippen LogP contribution in [0.3, 0.4) is 0 Å². The Hall–Kier alpha value is -4.06. The SMILES string of the molecule is CCOC(=O)N1CCNCC1C(=O)[C@H](CCC(=O)O)NC(=O)c1cc(OC2CCCC2)nc(-c2ccccc2)n1. The Morgan fingerprint density at radius 2 is 1.90 bits per heavy atom. The zero-order valence-corrected chi connectivity index (χ0v) is 22.5. The number of carboxylic acid groups (broad SMARTS) is 1. The summed E-state index contributed by atoms with van der Waals surface area (Å²) in [6.07, 6.45) is 2.74. The van der Waals surface area contributed by atoms with Crippen LogP contribution >= 0.6 is 0 Å². The van der Waals surface area contributed by atoms with Crippen molar-refractivity contribution in [2.24, 2.45) is 0 Å². The molecule has 1 unspecified atom stereocenters. The predicted octanol–water partition coefficient (Wildman–Crippen LogP) is 2.43. The lowest BCUT2D eigenvalue weighted by Crippen LogP contribution is -2.61. The smallest absolute Gasteiger partial charge is 0.410 e. The predicted molar refractivity (Wildman–Crippen MR) is 144 cm³/mol. The van der Waals surface area contributed by atoms with Gasteiger partial charge in [-0.2, -0.15) is 4.98 Å². The maximum absolute atomic E-state index is 13.6. The van der Waals surface area contributed by atoms with Gasteiger partial charge in [-0.05, 0) is 39.0 Å². The summed E-state index contributed by atoms with van der Waals surface area (Å²) in [5.74, 6) is -1.73. The highest BCUT2D eigenvalue weighted by atomic mass is 16.6. The molecule has 40 heavy (non-hydrogen) atoms. The Bertz CT molecular complexity index is 1200. The van der Waals surface area contributed by atoms with Crippen LogP contribution in [0.25, 0.3) is 11.4 Å². The third-order valence-corrected chi connectivity index (χ3v) is 6.93. The summed E-state index contributed by atoms with van der Waals surface area (Å²) in [6, 6.07) is 8.47. The lowest BCUT2D eigenvalue weighted by molar-refractivity contribution is -0.137. The molecule has 1 saturated heterocycles. The lowest BCUT2D eigenvalue weighted by atomic mass is 9.98. The summed E-state index contributed by atoms with van der Waals surface area (Å²) >= 11 is 0. The standard InChI is InChI=1S/C28H35N5O7/c1-2-39-28(38)33-15-14-29-17-22(33)25(36)20(12-13-24(34)35)31-27(37)21-16-23(40-19-10-6-7-11-19)32-26(30-21)18-8-4-3-5-9-18/h3-5,8-9,16,19-20,22,29H,2,6-7,10-15,17H2,1H3,(H,31,37)(H,34,35)/t20-,22?/m0/s1. The number of piperazine rings is 1. The van der Waals surface area contributed by atoms with Gasteiger partial charge < -0.3 is 25.2 Å². The van der Waals surface area contributed by atoms with E-state index in [0.717, 1.165) is 25.7 Å². The van der Waals surface area contributed by atoms with Gasteiger partial charge in [0, 0.05) is 37.7 Å². The van der Waals surface area contributed by atoms with Crippen molar-refractivity contribution in [2.75, 3.05) is 26.2 Å². The molecule has 0 spiro atoms. The molecule has 1 aromatic heterocycles. The van der Waals surface area contributed by atoms with Crippen LogP contribution in [0.1, 0.15) is 55.9 Å². The highest BCUT2D eigenvalue weighted by Gasteiger charge is 2.37. The third-order valence-electron chi connectivity index (χ3n) is 6.93. The fourth-order valence-electron chi connectivity index (χ4n) is 4.90. The molecule has 2 fully saturated rings. The van der Waals surface area contributed by atoms with Gasteiger partial charge in [0.2, 0.25) is 5.88 Å². The van der Waals surface area contributed by atoms with Gasteiger partial charge >= 0.3 is 12.1 Å². The molecule has 1 aliphatic carbocycles. The molecule has 4 rings (SSSR count). The minimum absolute atomic E-state index is 0.00742. The first-order chi connectivity index (χ1) is 19.4. The number of hydrogen-bond acceptors (Lipinski definition) is 9. The first-order valence-corrected chi connectivity index (χ1v) is 13.7. The average Bonchev–Trinajstić information content (AvgIpc) is 3.48. The van der Waals surface area contributed by atoms with Gasteiger partial charge in [0.15, 0.2) is 11.6 Å². The molecule has 1 aromatic carbocycles. The highest BCUT2D eigenvalue weighted by molar-refractivity contribution is 5.99. The molecule has 12 heteroatoms. The van der Waals surface area contributed by atoms with Gasteiger partial charge in [0.05, 0.1) is 12.6 Å². The van der Waals surface area contributed by atoms with E-state index in [-0.39, 0.29) is 50.2 Å². The molecule has 2 aliphatic rings. The number of carboxylic acids is 1. The van der Waals surface area contributed by atoms with Gasteiger partial charge in [0.25, 0.3) is 5.91 Å². The number of carbonyl (C=O) groups is 4. The minimum Gasteiger partial charge on any atom is -0.481 e. The number of amides is 2. The van der Waals surface area contributed by atoms with E-state index in [1.165, 1.54) is 11.0 Å². The quantitative estimate of drug-likeness (QED) is 0.377. The maximum atomic E-state index is 13.6. The second-order valence-corrected chi connectivity index (χ2v) is 9.78. The number of hydrogen-bond donors (Lipinski definition) is 3. The number of aromatic nitrogens is 2. The van der Waals surface area contributed by atoms with E-state index in [1.54, 1.807) is 6.92 Å². The van der Waals surface area contributed by atoms with Crippen LogP contribution in [0.5, 0.6) is 5.88 Å². The molecule has 214 valence electrons. The van der Waals surface area contributed by atoms with Crippen LogP contribution in [-0.4, -0.2) is 88.2 Å². The van der Waals surface area contributed by atoms with E-state index >= 15 is 0 Å². The molecular weight excluding hydrogens is 518 g/mol. The van der Waals surface area contributed by atoms with Crippen LogP contribution in [0.4, 0.5) is 4.79 Å². The fraction of sp³-hybridized carbons (Fsp3) is 0.500. The Morgan fingerprint density at radius 3 is 2.60 bits per heavy atom. The number of carbonyl (C=O) groups excluding carboxylic acids is 3. The number of benzene rings is 1. The third kappa shape index (κ3) is 7.53. The second-order valence-electron chi connectivity index (χ2n) is 9.78. The summed E-state index contributed by atoms with van der Waals surface area (Å²) < 4.78 is 11.2. The van der Waals surface area contributed by atoms with Crippen molar-refractivity contribution < 1.29 is 33.8 Å². The van der Waals surface area contributed by atoms with Crippen LogP contribution in [-0.2, 0) is 14.3 Å². The van der Waals surface area contributed by atoms with Crippen LogP contribution < -0.4 is 15.4 Å². The Balaban J connectivity index is 1.60. The normalized spacial score (nSPS) is 18.1. The van der Waals surface area contributed by atoms with Crippen molar-refractivity contribution in [3.63, 3.8) is 0 Å². The van der Waals surface area contributed by atoms with Crippen molar-refractivity contribution >= 4 is 23.8 Å². The largest absolute Gasteiger partial charge is 0.481 e. The molecule has 2 amide bonds. The maximum Gasteiger partial charge on any atom is 0.410 e. The molecule has 2 atom stereocenters. The average molecular weight is 554 g/mol. The number of ketones is 1. The van der Waals surface area contributed by atoms with E-state index in [0.29, 0.717) is 17.9 Å². The summed E-state index contributed by atoms with van der Waals surface area (Å²) in [5.41, 5.74) is 0.671. The van der Waals surface area contributed by atoms with Crippen LogP contribution in [0.2, 0.25) is 0 Å². The van der Waals surface area contributed by atoms with E-state index in [1.807, 2.05) is 30.3 Å². The van der Waals surface area contributed by atoms with Crippen LogP contribution in [0.15, 0.2) is 36.4 Å². The van der Waals surface area contributed by atoms with Crippen molar-refractivity contribution in [2.45, 2.75) is 63.6 Å². The van der Waals surface area contributed by atoms with Gasteiger partial charge in [-0.15, -0.1) is 0 Å². The highest BCUT2D eigenvalue weighted by Crippen LogP contribution is 2.25. The zero-order chi connectivity index (χ0) is 28.5. The Kier molecular flexibility index (Phi) is 10.0. The molecule has 12 nitrogen and oxygen atoms in total. The van der Waals surface area contributed by atoms with Gasteiger partial charge in [-0.25, -0.2) is 9.78 Å².